The quantitative estimate of drug-likeness (QED) is 0.502. The van der Waals surface area contributed by atoms with Gasteiger partial charge in [0.15, 0.2) is 0 Å². The van der Waals surface area contributed by atoms with Crippen LogP contribution in [0.5, 0.6) is 0 Å². The Bertz CT molecular complexity index is 1180. The fourth-order valence-corrected chi connectivity index (χ4v) is 3.69. The van der Waals surface area contributed by atoms with Crippen molar-refractivity contribution in [3.8, 4) is 11.3 Å². The van der Waals surface area contributed by atoms with Crippen molar-refractivity contribution < 1.29 is 4.79 Å². The first-order valence-corrected chi connectivity index (χ1v) is 9.14. The fourth-order valence-electron chi connectivity index (χ4n) is 2.78. The lowest BCUT2D eigenvalue weighted by Gasteiger charge is -2.05. The summed E-state index contributed by atoms with van der Waals surface area (Å²) in [6, 6.07) is 19.0. The predicted molar refractivity (Wildman–Crippen MR) is 107 cm³/mol. The number of amides is 1. The van der Waals surface area contributed by atoms with E-state index in [1.54, 1.807) is 0 Å². The molecule has 6 nitrogen and oxygen atoms in total. The Balaban J connectivity index is 1.67. The lowest BCUT2D eigenvalue weighted by atomic mass is 10.1. The van der Waals surface area contributed by atoms with Crippen molar-refractivity contribution in [2.75, 3.05) is 5.32 Å². The minimum absolute atomic E-state index is 0.116. The molecule has 0 atom stereocenters. The van der Waals surface area contributed by atoms with Gasteiger partial charge in [0.25, 0.3) is 5.56 Å². The number of benzene rings is 2. The van der Waals surface area contributed by atoms with Crippen LogP contribution in [0.25, 0.3) is 22.2 Å². The van der Waals surface area contributed by atoms with E-state index in [4.69, 9.17) is 0 Å². The first-order chi connectivity index (χ1) is 13.1. The van der Waals surface area contributed by atoms with E-state index in [-0.39, 0.29) is 11.5 Å². The molecular weight excluding hydrogens is 360 g/mol. The average Bonchev–Trinajstić information content (AvgIpc) is 3.02. The van der Waals surface area contributed by atoms with Crippen LogP contribution in [0.4, 0.5) is 5.69 Å². The van der Waals surface area contributed by atoms with Crippen LogP contribution in [0.3, 0.4) is 0 Å². The number of hydrogen-bond acceptors (Lipinski definition) is 4. The predicted octanol–water partition coefficient (Wildman–Crippen LogP) is 4.03. The molecule has 0 radical (unpaired) electrons. The molecule has 2 heterocycles. The number of aromatic nitrogens is 3. The molecule has 0 unspecified atom stereocenters. The van der Waals surface area contributed by atoms with Gasteiger partial charge in [-0.1, -0.05) is 36.0 Å². The first-order valence-electron chi connectivity index (χ1n) is 8.32. The molecule has 0 aliphatic carbocycles. The maximum atomic E-state index is 12.4. The van der Waals surface area contributed by atoms with E-state index in [1.165, 1.54) is 18.7 Å². The van der Waals surface area contributed by atoms with Crippen molar-refractivity contribution >= 4 is 34.3 Å². The van der Waals surface area contributed by atoms with Gasteiger partial charge in [0.1, 0.15) is 5.03 Å². The maximum Gasteiger partial charge on any atom is 0.274 e. The summed E-state index contributed by atoms with van der Waals surface area (Å²) in [7, 11) is 0. The number of pyridine rings is 1. The molecule has 2 aromatic heterocycles. The summed E-state index contributed by atoms with van der Waals surface area (Å²) in [4.78, 5) is 29.0. The third-order valence-electron chi connectivity index (χ3n) is 3.99. The third kappa shape index (κ3) is 3.63. The molecule has 1 amide bonds. The van der Waals surface area contributed by atoms with Gasteiger partial charge in [-0.05, 0) is 36.4 Å². The molecule has 7 heteroatoms. The molecule has 134 valence electrons. The zero-order chi connectivity index (χ0) is 18.8. The van der Waals surface area contributed by atoms with Crippen molar-refractivity contribution in [3.63, 3.8) is 0 Å². The minimum atomic E-state index is -0.213. The Morgan fingerprint density at radius 3 is 2.56 bits per heavy atom. The average molecular weight is 376 g/mol. The van der Waals surface area contributed by atoms with Crippen molar-refractivity contribution in [3.05, 3.63) is 71.0 Å². The minimum Gasteiger partial charge on any atom is -0.326 e. The van der Waals surface area contributed by atoms with Crippen LogP contribution in [0.1, 0.15) is 6.92 Å². The van der Waals surface area contributed by atoms with Crippen LogP contribution >= 0.6 is 11.8 Å². The van der Waals surface area contributed by atoms with E-state index in [1.807, 2.05) is 60.7 Å². The molecule has 3 N–H and O–H groups in total. The molecular formula is C20H16N4O2S. The molecule has 0 bridgehead atoms. The van der Waals surface area contributed by atoms with E-state index in [0.29, 0.717) is 16.3 Å². The van der Waals surface area contributed by atoms with Crippen LogP contribution in [0.15, 0.2) is 75.4 Å². The highest BCUT2D eigenvalue weighted by Crippen LogP contribution is 2.32. The van der Waals surface area contributed by atoms with E-state index in [2.05, 4.69) is 20.5 Å². The highest BCUT2D eigenvalue weighted by molar-refractivity contribution is 7.99. The fraction of sp³-hybridized carbons (Fsp3) is 0.0500. The molecule has 2 aromatic carbocycles. The number of carbonyl (C=O) groups is 1. The van der Waals surface area contributed by atoms with Crippen molar-refractivity contribution in [1.82, 2.24) is 15.2 Å². The second-order valence-electron chi connectivity index (χ2n) is 5.98. The SMILES string of the molecule is CC(=O)Nc1ccc(Sc2[nH][nH]c(=O)c2-c2ccc3ccccc3n2)cc1. The summed E-state index contributed by atoms with van der Waals surface area (Å²) >= 11 is 1.42. The van der Waals surface area contributed by atoms with Gasteiger partial charge in [-0.2, -0.15) is 0 Å². The molecule has 0 aliphatic rings. The Morgan fingerprint density at radius 2 is 1.78 bits per heavy atom. The summed E-state index contributed by atoms with van der Waals surface area (Å²) in [5, 5.41) is 10.0. The monoisotopic (exact) mass is 376 g/mol. The largest absolute Gasteiger partial charge is 0.326 e. The second kappa shape index (κ2) is 7.13. The lowest BCUT2D eigenvalue weighted by Crippen LogP contribution is -2.05. The van der Waals surface area contributed by atoms with Crippen molar-refractivity contribution in [2.45, 2.75) is 16.8 Å². The van der Waals surface area contributed by atoms with Gasteiger partial charge >= 0.3 is 0 Å². The summed E-state index contributed by atoms with van der Waals surface area (Å²) in [5.74, 6) is -0.116. The van der Waals surface area contributed by atoms with Crippen LogP contribution in [-0.4, -0.2) is 21.1 Å². The molecule has 0 spiro atoms. The summed E-state index contributed by atoms with van der Waals surface area (Å²) < 4.78 is 0. The molecule has 27 heavy (non-hydrogen) atoms. The normalized spacial score (nSPS) is 10.9. The number of rotatable bonds is 4. The molecule has 0 saturated heterocycles. The number of nitrogens with zero attached hydrogens (tertiary/aromatic N) is 1. The number of aromatic amines is 2. The third-order valence-corrected chi connectivity index (χ3v) is 5.01. The van der Waals surface area contributed by atoms with Gasteiger partial charge in [-0.15, -0.1) is 0 Å². The molecule has 0 fully saturated rings. The Kier molecular flexibility index (Phi) is 4.52. The highest BCUT2D eigenvalue weighted by atomic mass is 32.2. The van der Waals surface area contributed by atoms with Gasteiger partial charge in [0, 0.05) is 22.9 Å². The number of hydrogen-bond donors (Lipinski definition) is 3. The zero-order valence-corrected chi connectivity index (χ0v) is 15.3. The van der Waals surface area contributed by atoms with E-state index in [9.17, 15) is 9.59 Å². The van der Waals surface area contributed by atoms with E-state index >= 15 is 0 Å². The smallest absolute Gasteiger partial charge is 0.274 e. The number of para-hydroxylation sites is 1. The van der Waals surface area contributed by atoms with E-state index < -0.39 is 0 Å². The molecule has 4 rings (SSSR count). The first kappa shape index (κ1) is 17.1. The van der Waals surface area contributed by atoms with Crippen LogP contribution in [0, 0.1) is 0 Å². The van der Waals surface area contributed by atoms with Gasteiger partial charge in [0.05, 0.1) is 16.8 Å². The topological polar surface area (TPSA) is 90.6 Å². The van der Waals surface area contributed by atoms with Gasteiger partial charge in [-0.25, -0.2) is 4.98 Å². The zero-order valence-electron chi connectivity index (χ0n) is 14.4. The lowest BCUT2D eigenvalue weighted by molar-refractivity contribution is -0.114. The van der Waals surface area contributed by atoms with Crippen molar-refractivity contribution in [2.24, 2.45) is 0 Å². The van der Waals surface area contributed by atoms with Crippen molar-refractivity contribution in [1.29, 1.82) is 0 Å². The standard InChI is InChI=1S/C20H16N4O2S/c1-12(25)21-14-7-9-15(10-8-14)27-20-18(19(26)23-24-20)17-11-6-13-4-2-3-5-16(13)22-17/h2-11H,1H3,(H,21,25)(H2,23,24,26). The Labute approximate surface area is 159 Å². The van der Waals surface area contributed by atoms with Crippen LogP contribution < -0.4 is 10.9 Å². The highest BCUT2D eigenvalue weighted by Gasteiger charge is 2.15. The molecule has 4 aromatic rings. The summed E-state index contributed by atoms with van der Waals surface area (Å²) in [5.41, 5.74) is 2.48. The Morgan fingerprint density at radius 1 is 1.00 bits per heavy atom. The molecule has 0 aliphatic heterocycles. The number of nitrogens with one attached hydrogen (secondary N) is 3. The maximum absolute atomic E-state index is 12.4. The van der Waals surface area contributed by atoms with Crippen LogP contribution in [0.2, 0.25) is 0 Å². The van der Waals surface area contributed by atoms with E-state index in [0.717, 1.165) is 21.5 Å². The van der Waals surface area contributed by atoms with Gasteiger partial charge in [0.2, 0.25) is 5.91 Å². The van der Waals surface area contributed by atoms with Gasteiger partial charge in [-0.3, -0.25) is 19.8 Å². The van der Waals surface area contributed by atoms with Crippen LogP contribution in [-0.2, 0) is 4.79 Å². The summed E-state index contributed by atoms with van der Waals surface area (Å²) in [6.07, 6.45) is 0. The number of H-pyrrole nitrogens is 2. The summed E-state index contributed by atoms with van der Waals surface area (Å²) in [6.45, 7) is 1.47. The number of carbonyl (C=O) groups excluding carboxylic acids is 1. The number of anilines is 1. The Hall–Kier alpha value is -3.32. The molecule has 0 saturated carbocycles. The number of fused-ring (bicyclic) bond motifs is 1. The van der Waals surface area contributed by atoms with Gasteiger partial charge < -0.3 is 5.32 Å². The second-order valence-corrected chi connectivity index (χ2v) is 7.06.